The molecule has 1 unspecified atom stereocenters. The highest BCUT2D eigenvalue weighted by atomic mass is 127. The monoisotopic (exact) mass is 533 g/mol. The highest BCUT2D eigenvalue weighted by Crippen LogP contribution is 2.16. The molecule has 0 aliphatic carbocycles. The predicted molar refractivity (Wildman–Crippen MR) is 134 cm³/mol. The molecular weight excluding hydrogens is 493 g/mol. The smallest absolute Gasteiger partial charge is 0.191 e. The fourth-order valence-electron chi connectivity index (χ4n) is 3.22. The fourth-order valence-corrected chi connectivity index (χ4v) is 3.22. The molecule has 1 fully saturated rings. The van der Waals surface area contributed by atoms with E-state index in [1.165, 1.54) is 5.56 Å². The molecule has 2 N–H and O–H groups in total. The molecule has 1 heterocycles. The summed E-state index contributed by atoms with van der Waals surface area (Å²) in [6.45, 7) is 10.8. The Bertz CT molecular complexity index is 554. The van der Waals surface area contributed by atoms with Crippen molar-refractivity contribution >= 4 is 29.9 Å². The number of benzene rings is 1. The minimum atomic E-state index is 0. The molecule has 0 spiro atoms. The van der Waals surface area contributed by atoms with E-state index in [-0.39, 0.29) is 30.1 Å². The molecule has 172 valence electrons. The van der Waals surface area contributed by atoms with Gasteiger partial charge in [0.05, 0.1) is 6.10 Å². The first-order valence-electron chi connectivity index (χ1n) is 11.1. The van der Waals surface area contributed by atoms with Crippen LogP contribution >= 0.6 is 24.0 Å². The van der Waals surface area contributed by atoms with Gasteiger partial charge in [0.25, 0.3) is 0 Å². The number of rotatable bonds is 13. The maximum absolute atomic E-state index is 5.92. The molecule has 1 aromatic carbocycles. The van der Waals surface area contributed by atoms with Crippen LogP contribution in [0.3, 0.4) is 0 Å². The normalized spacial score (nSPS) is 16.0. The Labute approximate surface area is 199 Å². The summed E-state index contributed by atoms with van der Waals surface area (Å²) >= 11 is 0. The van der Waals surface area contributed by atoms with Gasteiger partial charge in [0, 0.05) is 52.7 Å². The number of guanidine groups is 1. The van der Waals surface area contributed by atoms with E-state index in [0.29, 0.717) is 5.92 Å². The van der Waals surface area contributed by atoms with Crippen molar-refractivity contribution in [3.8, 4) is 0 Å². The van der Waals surface area contributed by atoms with E-state index in [1.54, 1.807) is 0 Å². The van der Waals surface area contributed by atoms with Gasteiger partial charge in [-0.2, -0.15) is 0 Å². The lowest BCUT2D eigenvalue weighted by atomic mass is 10.0. The fraction of sp³-hybridized carbons (Fsp3) is 0.696. The molecule has 1 aliphatic heterocycles. The van der Waals surface area contributed by atoms with Gasteiger partial charge in [-0.05, 0) is 51.0 Å². The Morgan fingerprint density at radius 1 is 1.13 bits per heavy atom. The molecule has 1 saturated heterocycles. The van der Waals surface area contributed by atoms with Crippen molar-refractivity contribution in [1.29, 1.82) is 0 Å². The molecule has 0 radical (unpaired) electrons. The second-order valence-electron chi connectivity index (χ2n) is 7.45. The lowest BCUT2D eigenvalue weighted by molar-refractivity contribution is 0.0205. The number of nitrogens with zero attached hydrogens (tertiary/aromatic N) is 1. The first-order valence-corrected chi connectivity index (χ1v) is 11.1. The minimum absolute atomic E-state index is 0. The molecule has 0 aromatic heterocycles. The number of aliphatic imine (C=N–C) groups is 1. The first kappa shape index (κ1) is 27.1. The minimum Gasteiger partial charge on any atom is -0.381 e. The Balaban J connectivity index is 0.00000450. The number of hydrogen-bond acceptors (Lipinski definition) is 4. The summed E-state index contributed by atoms with van der Waals surface area (Å²) in [5.74, 6) is 1.53. The largest absolute Gasteiger partial charge is 0.381 e. The quantitative estimate of drug-likeness (QED) is 0.173. The third kappa shape index (κ3) is 12.1. The van der Waals surface area contributed by atoms with Crippen molar-refractivity contribution in [2.75, 3.05) is 52.7 Å². The van der Waals surface area contributed by atoms with Crippen molar-refractivity contribution in [3.05, 3.63) is 35.9 Å². The molecule has 0 amide bonds. The molecule has 7 heteroatoms. The van der Waals surface area contributed by atoms with Crippen LogP contribution in [0.25, 0.3) is 0 Å². The van der Waals surface area contributed by atoms with Crippen molar-refractivity contribution < 1.29 is 14.2 Å². The second kappa shape index (κ2) is 17.7. The maximum atomic E-state index is 5.92. The van der Waals surface area contributed by atoms with E-state index in [9.17, 15) is 0 Å². The average Bonchev–Trinajstić information content (AvgIpc) is 2.77. The van der Waals surface area contributed by atoms with E-state index in [2.05, 4.69) is 41.6 Å². The summed E-state index contributed by atoms with van der Waals surface area (Å²) in [6.07, 6.45) is 4.26. The van der Waals surface area contributed by atoms with E-state index in [1.807, 2.05) is 18.2 Å². The molecule has 2 rings (SSSR count). The predicted octanol–water partition coefficient (Wildman–Crippen LogP) is 4.16. The summed E-state index contributed by atoms with van der Waals surface area (Å²) in [4.78, 5) is 4.63. The van der Waals surface area contributed by atoms with E-state index < -0.39 is 0 Å². The van der Waals surface area contributed by atoms with Crippen LogP contribution in [0.4, 0.5) is 0 Å². The molecule has 1 aromatic rings. The van der Waals surface area contributed by atoms with E-state index >= 15 is 0 Å². The summed E-state index contributed by atoms with van der Waals surface area (Å²) in [5, 5.41) is 6.68. The van der Waals surface area contributed by atoms with Crippen LogP contribution in [-0.4, -0.2) is 58.6 Å². The summed E-state index contributed by atoms with van der Waals surface area (Å²) in [5.41, 5.74) is 1.22. The van der Waals surface area contributed by atoms with Crippen molar-refractivity contribution in [1.82, 2.24) is 10.6 Å². The van der Waals surface area contributed by atoms with Gasteiger partial charge in [0.2, 0.25) is 0 Å². The van der Waals surface area contributed by atoms with Gasteiger partial charge in [-0.1, -0.05) is 30.3 Å². The third-order valence-corrected chi connectivity index (χ3v) is 5.01. The molecule has 30 heavy (non-hydrogen) atoms. The average molecular weight is 533 g/mol. The summed E-state index contributed by atoms with van der Waals surface area (Å²) < 4.78 is 17.1. The van der Waals surface area contributed by atoms with Crippen LogP contribution in [0.2, 0.25) is 0 Å². The molecule has 6 nitrogen and oxygen atoms in total. The number of nitrogens with one attached hydrogen (secondary N) is 2. The van der Waals surface area contributed by atoms with Gasteiger partial charge >= 0.3 is 0 Å². The van der Waals surface area contributed by atoms with Gasteiger partial charge in [0.1, 0.15) is 0 Å². The Kier molecular flexibility index (Phi) is 16.1. The Morgan fingerprint density at radius 3 is 2.63 bits per heavy atom. The lowest BCUT2D eigenvalue weighted by Gasteiger charge is -2.21. The SMILES string of the molecule is CCNC(=NCCCOCC1CCOCC1)NCCCOC(C)c1ccccc1.I. The summed E-state index contributed by atoms with van der Waals surface area (Å²) in [6, 6.07) is 10.3. The van der Waals surface area contributed by atoms with Crippen LogP contribution < -0.4 is 10.6 Å². The molecular formula is C23H40IN3O3. The van der Waals surface area contributed by atoms with Gasteiger partial charge < -0.3 is 24.8 Å². The summed E-state index contributed by atoms with van der Waals surface area (Å²) in [7, 11) is 0. The number of halogens is 1. The second-order valence-corrected chi connectivity index (χ2v) is 7.45. The highest BCUT2D eigenvalue weighted by Gasteiger charge is 2.13. The zero-order valence-corrected chi connectivity index (χ0v) is 20.9. The standard InChI is InChI=1S/C23H39N3O3.HI/c1-3-24-23(25-13-7-15-28-19-21-11-17-27-18-12-21)26-14-8-16-29-20(2)22-9-5-4-6-10-22;/h4-6,9-10,20-21H,3,7-8,11-19H2,1-2H3,(H2,24,25,26);1H. The van der Waals surface area contributed by atoms with E-state index in [4.69, 9.17) is 14.2 Å². The van der Waals surface area contributed by atoms with Gasteiger partial charge in [-0.15, -0.1) is 24.0 Å². The Morgan fingerprint density at radius 2 is 1.90 bits per heavy atom. The number of ether oxygens (including phenoxy) is 3. The van der Waals surface area contributed by atoms with E-state index in [0.717, 1.165) is 84.3 Å². The zero-order valence-electron chi connectivity index (χ0n) is 18.6. The molecule has 0 bridgehead atoms. The van der Waals surface area contributed by atoms with Gasteiger partial charge in [-0.3, -0.25) is 4.99 Å². The lowest BCUT2D eigenvalue weighted by Crippen LogP contribution is -2.38. The van der Waals surface area contributed by atoms with Crippen molar-refractivity contribution in [3.63, 3.8) is 0 Å². The van der Waals surface area contributed by atoms with Crippen LogP contribution in [0, 0.1) is 5.92 Å². The molecule has 1 aliphatic rings. The zero-order chi connectivity index (χ0) is 20.6. The number of hydrogen-bond donors (Lipinski definition) is 2. The highest BCUT2D eigenvalue weighted by molar-refractivity contribution is 14.0. The maximum Gasteiger partial charge on any atom is 0.191 e. The van der Waals surface area contributed by atoms with Crippen LogP contribution in [0.15, 0.2) is 35.3 Å². The first-order chi connectivity index (χ1) is 14.3. The van der Waals surface area contributed by atoms with Crippen molar-refractivity contribution in [2.24, 2.45) is 10.9 Å². The van der Waals surface area contributed by atoms with Crippen LogP contribution in [0.5, 0.6) is 0 Å². The van der Waals surface area contributed by atoms with Gasteiger partial charge in [0.15, 0.2) is 5.96 Å². The van der Waals surface area contributed by atoms with Crippen LogP contribution in [-0.2, 0) is 14.2 Å². The van der Waals surface area contributed by atoms with Gasteiger partial charge in [-0.25, -0.2) is 0 Å². The Hall–Kier alpha value is -0.900. The van der Waals surface area contributed by atoms with Crippen LogP contribution in [0.1, 0.15) is 51.2 Å². The molecule has 0 saturated carbocycles. The molecule has 1 atom stereocenters. The van der Waals surface area contributed by atoms with Crippen molar-refractivity contribution in [2.45, 2.75) is 45.6 Å². The topological polar surface area (TPSA) is 64.1 Å². The third-order valence-electron chi connectivity index (χ3n) is 5.01.